The summed E-state index contributed by atoms with van der Waals surface area (Å²) in [6.07, 6.45) is 0. The van der Waals surface area contributed by atoms with Crippen molar-refractivity contribution in [2.75, 3.05) is 0 Å². The van der Waals surface area contributed by atoms with Crippen molar-refractivity contribution in [1.29, 1.82) is 0 Å². The Labute approximate surface area is 774 Å². The fourth-order valence-electron chi connectivity index (χ4n) is 23.8. The van der Waals surface area contributed by atoms with Crippen LogP contribution in [0.1, 0.15) is 74.9 Å². The Morgan fingerprint density at radius 3 is 0.754 bits per heavy atom. The zero-order valence-electron chi connectivity index (χ0n) is 74.8. The van der Waals surface area contributed by atoms with Crippen LogP contribution in [-0.4, -0.2) is 37.8 Å². The molecule has 25 aromatic rings. The van der Waals surface area contributed by atoms with Gasteiger partial charge in [-0.15, -0.1) is 0 Å². The van der Waals surface area contributed by atoms with Crippen molar-refractivity contribution in [3.63, 3.8) is 0 Å². The first-order valence-electron chi connectivity index (χ1n) is 46.7. The normalized spacial score (nSPS) is 13.8. The first kappa shape index (κ1) is 76.1. The molecule has 6 aromatic heterocycles. The maximum Gasteiger partial charge on any atom is 0.238 e. The van der Waals surface area contributed by atoms with Gasteiger partial charge in [0.25, 0.3) is 0 Å². The summed E-state index contributed by atoms with van der Waals surface area (Å²) < 4.78 is 12.1. The summed E-state index contributed by atoms with van der Waals surface area (Å²) in [5, 5.41) is 11.9. The van der Waals surface area contributed by atoms with E-state index < -0.39 is 0 Å². The lowest BCUT2D eigenvalue weighted by molar-refractivity contribution is 0.660. The molecule has 8 heteroatoms. The molecule has 8 nitrogen and oxygen atoms in total. The maximum absolute atomic E-state index is 5.61. The zero-order chi connectivity index (χ0) is 88.9. The number of fused-ring (bicyclic) bond motifs is 24. The molecular weight excluding hydrogens is 1630 g/mol. The minimum Gasteiger partial charge on any atom is -0.309 e. The van der Waals surface area contributed by atoms with E-state index in [0.717, 1.165) is 105 Å². The molecule has 0 unspecified atom stereocenters. The minimum atomic E-state index is -0.142. The molecular formula is C126H86N8. The van der Waals surface area contributed by atoms with Gasteiger partial charge in [0.15, 0.2) is 11.6 Å². The van der Waals surface area contributed by atoms with E-state index in [9.17, 15) is 0 Å². The van der Waals surface area contributed by atoms with E-state index in [0.29, 0.717) is 17.6 Å². The fourth-order valence-corrected chi connectivity index (χ4v) is 23.8. The molecule has 0 radical (unpaired) electrons. The standard InChI is InChI=1S/C126H86N8/c1-124(2)105-36-17-10-29-89(105)92-56-53-86(72-108(92)124)131-112-40-21-14-33-96(112)100-67-80(48-60-116(100)131)79-47-59-115-99(66-79)95-32-13-20-39-111(95)130(115)85-28-24-27-78(65-85)75-43-45-77(46-44-75)122-127-121(76-25-8-7-9-26-76)128-123(129-122)134-119-63-51-83(81-49-61-117-101(68-81)97-34-15-22-41-113(97)132(117)87-54-57-93-90-30-11-18-37-106(90)125(3,4)109(93)73-87)70-103(119)104-71-84(52-64-120(104)134)82-50-62-118-102(69-82)98-35-16-23-42-114(98)133(118)88-55-58-94-91-31-12-19-38-107(91)126(5,6)110(94)74-88/h7-74H,1-6H3. The van der Waals surface area contributed by atoms with Crippen molar-refractivity contribution in [2.45, 2.75) is 57.8 Å². The highest BCUT2D eigenvalue weighted by molar-refractivity contribution is 6.17. The van der Waals surface area contributed by atoms with Crippen molar-refractivity contribution in [2.24, 2.45) is 0 Å². The quantitative estimate of drug-likeness (QED) is 0.130. The van der Waals surface area contributed by atoms with Gasteiger partial charge in [-0.3, -0.25) is 4.57 Å². The van der Waals surface area contributed by atoms with Gasteiger partial charge in [0, 0.05) is 104 Å². The average molecular weight is 1710 g/mol. The molecule has 3 aliphatic carbocycles. The van der Waals surface area contributed by atoms with Crippen LogP contribution in [0.5, 0.6) is 0 Å². The van der Waals surface area contributed by atoms with Gasteiger partial charge in [-0.2, -0.15) is 9.97 Å². The third-order valence-corrected chi connectivity index (χ3v) is 30.4. The predicted molar refractivity (Wildman–Crippen MR) is 557 cm³/mol. The molecule has 0 saturated carbocycles. The Kier molecular flexibility index (Phi) is 16.0. The van der Waals surface area contributed by atoms with E-state index in [2.05, 4.69) is 471 Å². The van der Waals surface area contributed by atoms with Crippen LogP contribution in [0.4, 0.5) is 0 Å². The lowest BCUT2D eigenvalue weighted by Gasteiger charge is -2.22. The molecule has 19 aromatic carbocycles. The monoisotopic (exact) mass is 1710 g/mol. The summed E-state index contributed by atoms with van der Waals surface area (Å²) in [6, 6.07) is 154. The van der Waals surface area contributed by atoms with Gasteiger partial charge in [0.2, 0.25) is 5.95 Å². The van der Waals surface area contributed by atoms with E-state index in [1.165, 1.54) is 149 Å². The van der Waals surface area contributed by atoms with Crippen LogP contribution in [0, 0.1) is 0 Å². The summed E-state index contributed by atoms with van der Waals surface area (Å²) >= 11 is 0. The Balaban J connectivity index is 0.550. The lowest BCUT2D eigenvalue weighted by atomic mass is 9.82. The van der Waals surface area contributed by atoms with Gasteiger partial charge in [-0.05, 0) is 257 Å². The Morgan fingerprint density at radius 2 is 0.403 bits per heavy atom. The number of rotatable bonds is 11. The largest absolute Gasteiger partial charge is 0.309 e. The third kappa shape index (κ3) is 11.0. The molecule has 0 spiro atoms. The van der Waals surface area contributed by atoms with Crippen LogP contribution in [0.3, 0.4) is 0 Å². The summed E-state index contributed by atoms with van der Waals surface area (Å²) in [7, 11) is 0. The maximum atomic E-state index is 5.61. The predicted octanol–water partition coefficient (Wildman–Crippen LogP) is 32.3. The smallest absolute Gasteiger partial charge is 0.238 e. The van der Waals surface area contributed by atoms with Crippen molar-refractivity contribution >= 4 is 109 Å². The van der Waals surface area contributed by atoms with E-state index in [4.69, 9.17) is 15.0 Å². The first-order valence-corrected chi connectivity index (χ1v) is 46.7. The van der Waals surface area contributed by atoms with E-state index in [1.54, 1.807) is 0 Å². The molecule has 0 atom stereocenters. The number of para-hydroxylation sites is 4. The van der Waals surface area contributed by atoms with Gasteiger partial charge in [0.05, 0.1) is 55.2 Å². The van der Waals surface area contributed by atoms with Gasteiger partial charge in [0.1, 0.15) is 0 Å². The second-order valence-electron chi connectivity index (χ2n) is 38.6. The van der Waals surface area contributed by atoms with Crippen LogP contribution in [0.15, 0.2) is 413 Å². The molecule has 3 aliphatic rings. The Bertz CT molecular complexity index is 9140. The van der Waals surface area contributed by atoms with Gasteiger partial charge in [-0.25, -0.2) is 4.98 Å². The van der Waals surface area contributed by atoms with Crippen molar-refractivity contribution in [1.82, 2.24) is 37.8 Å². The average Bonchev–Trinajstić information content (AvgIpc) is 1.57. The molecule has 630 valence electrons. The molecule has 6 heterocycles. The van der Waals surface area contributed by atoms with Crippen molar-refractivity contribution < 1.29 is 0 Å². The van der Waals surface area contributed by atoms with E-state index in [-0.39, 0.29) is 16.2 Å². The number of nitrogens with zero attached hydrogens (tertiary/aromatic N) is 8. The topological polar surface area (TPSA) is 63.3 Å². The van der Waals surface area contributed by atoms with E-state index in [1.807, 2.05) is 6.07 Å². The van der Waals surface area contributed by atoms with Gasteiger partial charge >= 0.3 is 0 Å². The SMILES string of the molecule is CC1(C)c2ccccc2-c2ccc(-n3c4ccccc4c4cc(-c5ccc6c(c5)c5ccccc5n6-c5cccc(-c6ccc(-c7nc(-c8ccccc8)nc(-n8c9ccc(-c%10ccc%11c(c%10)c%10ccccc%10n%11-c%10ccc%11c(c%10)C(C)(C)c%10ccccc%10-%11)cc9c9cc(-c%10ccc%11c(c%10)c%10ccccc%10n%11-c%10ccc%11c(c%10)C(C)(C)c%10ccccc%10-%11)ccc98)n7)cc6)c5)ccc43)cc21. The number of hydrogen-bond donors (Lipinski definition) is 0. The summed E-state index contributed by atoms with van der Waals surface area (Å²) in [5.74, 6) is 1.68. The van der Waals surface area contributed by atoms with Crippen LogP contribution in [0.2, 0.25) is 0 Å². The lowest BCUT2D eigenvalue weighted by Crippen LogP contribution is -2.15. The van der Waals surface area contributed by atoms with Gasteiger partial charge in [-0.1, -0.05) is 308 Å². The molecule has 134 heavy (non-hydrogen) atoms. The van der Waals surface area contributed by atoms with Crippen LogP contribution in [-0.2, 0) is 16.2 Å². The van der Waals surface area contributed by atoms with Gasteiger partial charge < -0.3 is 18.3 Å². The molecule has 0 bridgehead atoms. The molecule has 0 N–H and O–H groups in total. The highest BCUT2D eigenvalue weighted by Gasteiger charge is 2.39. The molecule has 0 amide bonds. The highest BCUT2D eigenvalue weighted by atomic mass is 15.2. The van der Waals surface area contributed by atoms with Crippen molar-refractivity contribution in [3.05, 3.63) is 446 Å². The summed E-state index contributed by atoms with van der Waals surface area (Å²) in [5.41, 5.74) is 42.4. The molecule has 0 fully saturated rings. The minimum absolute atomic E-state index is 0.109. The highest BCUT2D eigenvalue weighted by Crippen LogP contribution is 2.55. The number of aromatic nitrogens is 8. The van der Waals surface area contributed by atoms with Crippen LogP contribution in [0.25, 0.3) is 238 Å². The van der Waals surface area contributed by atoms with Crippen LogP contribution < -0.4 is 0 Å². The fraction of sp³-hybridized carbons (Fsp3) is 0.0714. The van der Waals surface area contributed by atoms with Crippen LogP contribution >= 0.6 is 0 Å². The second kappa shape index (κ2) is 28.1. The molecule has 0 saturated heterocycles. The summed E-state index contributed by atoms with van der Waals surface area (Å²) in [6.45, 7) is 14.2. The first-order chi connectivity index (χ1) is 65.7. The van der Waals surface area contributed by atoms with Crippen molar-refractivity contribution in [3.8, 4) is 129 Å². The second-order valence-corrected chi connectivity index (χ2v) is 38.6. The number of benzene rings is 19. The third-order valence-electron chi connectivity index (χ3n) is 30.4. The molecule has 28 rings (SSSR count). The number of hydrogen-bond acceptors (Lipinski definition) is 3. The van der Waals surface area contributed by atoms with E-state index >= 15 is 0 Å². The Hall–Kier alpha value is -16.8. The Morgan fingerprint density at radius 1 is 0.157 bits per heavy atom. The zero-order valence-corrected chi connectivity index (χ0v) is 74.8. The molecule has 0 aliphatic heterocycles. The summed E-state index contributed by atoms with van der Waals surface area (Å²) in [4.78, 5) is 16.5.